The van der Waals surface area contributed by atoms with Crippen molar-refractivity contribution in [3.8, 4) is 0 Å². The molecule has 0 bridgehead atoms. The van der Waals surface area contributed by atoms with Crippen molar-refractivity contribution in [1.29, 1.82) is 0 Å². The number of aliphatic hydroxyl groups is 1. The van der Waals surface area contributed by atoms with Crippen molar-refractivity contribution < 1.29 is 19.4 Å². The van der Waals surface area contributed by atoms with Crippen LogP contribution in [-0.4, -0.2) is 48.5 Å². The van der Waals surface area contributed by atoms with Gasteiger partial charge >= 0.3 is 0 Å². The maximum absolute atomic E-state index is 13.1. The Kier molecular flexibility index (Phi) is 6.98. The van der Waals surface area contributed by atoms with Gasteiger partial charge in [0.1, 0.15) is 0 Å². The van der Waals surface area contributed by atoms with Crippen molar-refractivity contribution in [2.75, 3.05) is 20.3 Å². The van der Waals surface area contributed by atoms with Crippen LogP contribution >= 0.6 is 0 Å². The number of aliphatic hydroxyl groups excluding tert-OH is 1. The maximum atomic E-state index is 13.1. The van der Waals surface area contributed by atoms with E-state index in [1.54, 1.807) is 0 Å². The highest BCUT2D eigenvalue weighted by Gasteiger charge is 2.44. The first kappa shape index (κ1) is 19.7. The molecular weight excluding hydrogens is 330 g/mol. The fraction of sp³-hybridized carbons (Fsp3) is 0.857. The second-order valence-corrected chi connectivity index (χ2v) is 8.12. The lowest BCUT2D eigenvalue weighted by Crippen LogP contribution is -2.44. The Morgan fingerprint density at radius 2 is 2.00 bits per heavy atom. The molecular formula is C21H35NO4. The Hall–Kier alpha value is -1.07. The monoisotopic (exact) mass is 365 g/mol. The average Bonchev–Trinajstić information content (AvgIpc) is 3.51. The summed E-state index contributed by atoms with van der Waals surface area (Å²) in [5.74, 6) is 1.67. The zero-order valence-corrected chi connectivity index (χ0v) is 16.4. The predicted molar refractivity (Wildman–Crippen MR) is 100 cm³/mol. The molecule has 1 N–H and O–H groups in total. The summed E-state index contributed by atoms with van der Waals surface area (Å²) in [4.78, 5) is 15.0. The summed E-state index contributed by atoms with van der Waals surface area (Å²) >= 11 is 0. The largest absolute Gasteiger partial charge is 0.459 e. The number of rotatable bonds is 8. The molecule has 2 saturated carbocycles. The van der Waals surface area contributed by atoms with E-state index >= 15 is 0 Å². The number of carbonyl (C=O) groups excluding carboxylic acids is 1. The number of amides is 1. The topological polar surface area (TPSA) is 59.0 Å². The SMILES string of the molecule is CCO[C@H]1OC(C(=O)N(C)C2CCCCC2)=C[C@@H](C2CC2)[C@H]1CCCO. The lowest BCUT2D eigenvalue weighted by Gasteiger charge is -2.39. The van der Waals surface area contributed by atoms with E-state index < -0.39 is 0 Å². The molecule has 3 aliphatic rings. The highest BCUT2D eigenvalue weighted by molar-refractivity contribution is 5.91. The molecule has 0 aromatic rings. The second-order valence-electron chi connectivity index (χ2n) is 8.12. The number of allylic oxidation sites excluding steroid dienone is 1. The van der Waals surface area contributed by atoms with Crippen molar-refractivity contribution in [3.63, 3.8) is 0 Å². The minimum atomic E-state index is -0.374. The summed E-state index contributed by atoms with van der Waals surface area (Å²) in [6, 6.07) is 0.331. The number of ether oxygens (including phenoxy) is 2. The van der Waals surface area contributed by atoms with Crippen molar-refractivity contribution in [2.24, 2.45) is 17.8 Å². The molecule has 0 aromatic carbocycles. The van der Waals surface area contributed by atoms with Crippen molar-refractivity contribution in [3.05, 3.63) is 11.8 Å². The van der Waals surface area contributed by atoms with Crippen LogP contribution in [0.5, 0.6) is 0 Å². The van der Waals surface area contributed by atoms with E-state index in [0.717, 1.165) is 25.7 Å². The third-order valence-corrected chi connectivity index (χ3v) is 6.28. The molecule has 148 valence electrons. The molecule has 5 heteroatoms. The molecule has 1 heterocycles. The lowest BCUT2D eigenvalue weighted by atomic mass is 9.82. The lowest BCUT2D eigenvalue weighted by molar-refractivity contribution is -0.177. The van der Waals surface area contributed by atoms with E-state index in [0.29, 0.717) is 30.2 Å². The maximum Gasteiger partial charge on any atom is 0.288 e. The number of likely N-dealkylation sites (N-methyl/N-ethyl adjacent to an activating group) is 1. The highest BCUT2D eigenvalue weighted by atomic mass is 16.7. The van der Waals surface area contributed by atoms with Crippen molar-refractivity contribution >= 4 is 5.91 Å². The van der Waals surface area contributed by atoms with Gasteiger partial charge in [-0.25, -0.2) is 0 Å². The van der Waals surface area contributed by atoms with Gasteiger partial charge in [0, 0.05) is 32.2 Å². The van der Waals surface area contributed by atoms with Crippen LogP contribution < -0.4 is 0 Å². The fourth-order valence-corrected chi connectivity index (χ4v) is 4.61. The molecule has 3 rings (SSSR count). The Bertz CT molecular complexity index is 496. The number of hydrogen-bond donors (Lipinski definition) is 1. The molecule has 0 spiro atoms. The molecule has 0 unspecified atom stereocenters. The highest BCUT2D eigenvalue weighted by Crippen LogP contribution is 2.47. The summed E-state index contributed by atoms with van der Waals surface area (Å²) < 4.78 is 12.0. The molecule has 0 saturated heterocycles. The fourth-order valence-electron chi connectivity index (χ4n) is 4.61. The van der Waals surface area contributed by atoms with Gasteiger partial charge in [0.05, 0.1) is 0 Å². The standard InChI is InChI=1S/C21H35NO4/c1-3-25-21-17(10-7-13-23)18(15-11-12-15)14-19(26-21)20(24)22(2)16-8-5-4-6-9-16/h14-18,21,23H,3-13H2,1-2H3/t17-,18+,21+/m1/s1. The van der Waals surface area contributed by atoms with E-state index in [9.17, 15) is 9.90 Å². The average molecular weight is 366 g/mol. The van der Waals surface area contributed by atoms with Crippen LogP contribution in [0.15, 0.2) is 11.8 Å². The van der Waals surface area contributed by atoms with Crippen LogP contribution in [0.25, 0.3) is 0 Å². The molecule has 0 aromatic heterocycles. The van der Waals surface area contributed by atoms with Gasteiger partial charge in [-0.3, -0.25) is 4.79 Å². The van der Waals surface area contributed by atoms with Crippen LogP contribution in [0.4, 0.5) is 0 Å². The van der Waals surface area contributed by atoms with Gasteiger partial charge in [0.2, 0.25) is 6.29 Å². The van der Waals surface area contributed by atoms with E-state index in [2.05, 4.69) is 6.08 Å². The minimum absolute atomic E-state index is 0.00728. The second kappa shape index (κ2) is 9.23. The first-order valence-electron chi connectivity index (χ1n) is 10.5. The van der Waals surface area contributed by atoms with Gasteiger partial charge in [0.15, 0.2) is 5.76 Å². The first-order valence-corrected chi connectivity index (χ1v) is 10.5. The molecule has 2 aliphatic carbocycles. The summed E-state index contributed by atoms with van der Waals surface area (Å²) in [7, 11) is 1.92. The third kappa shape index (κ3) is 4.61. The minimum Gasteiger partial charge on any atom is -0.459 e. The number of hydrogen-bond acceptors (Lipinski definition) is 4. The van der Waals surface area contributed by atoms with Crippen LogP contribution in [0, 0.1) is 17.8 Å². The Morgan fingerprint density at radius 3 is 2.62 bits per heavy atom. The Morgan fingerprint density at radius 1 is 1.27 bits per heavy atom. The van der Waals surface area contributed by atoms with Crippen molar-refractivity contribution in [2.45, 2.75) is 77.0 Å². The van der Waals surface area contributed by atoms with Crippen LogP contribution in [0.1, 0.15) is 64.7 Å². The third-order valence-electron chi connectivity index (χ3n) is 6.28. The van der Waals surface area contributed by atoms with E-state index in [1.807, 2.05) is 18.9 Å². The Labute approximate surface area is 157 Å². The normalized spacial score (nSPS) is 29.8. The zero-order chi connectivity index (χ0) is 18.5. The molecule has 5 nitrogen and oxygen atoms in total. The van der Waals surface area contributed by atoms with Crippen LogP contribution in [0.3, 0.4) is 0 Å². The molecule has 1 amide bonds. The van der Waals surface area contributed by atoms with Gasteiger partial charge in [-0.1, -0.05) is 19.3 Å². The summed E-state index contributed by atoms with van der Waals surface area (Å²) in [5, 5.41) is 9.25. The number of carbonyl (C=O) groups is 1. The van der Waals surface area contributed by atoms with E-state index in [4.69, 9.17) is 9.47 Å². The predicted octanol–water partition coefficient (Wildman–Crippen LogP) is 3.47. The van der Waals surface area contributed by atoms with Gasteiger partial charge in [0.25, 0.3) is 5.91 Å². The first-order chi connectivity index (χ1) is 12.7. The smallest absolute Gasteiger partial charge is 0.288 e. The quantitative estimate of drug-likeness (QED) is 0.715. The summed E-state index contributed by atoms with van der Waals surface area (Å²) in [6.07, 6.45) is 11.6. The van der Waals surface area contributed by atoms with Crippen molar-refractivity contribution in [1.82, 2.24) is 4.90 Å². The molecule has 3 atom stereocenters. The number of nitrogens with zero attached hydrogens (tertiary/aromatic N) is 1. The zero-order valence-electron chi connectivity index (χ0n) is 16.4. The van der Waals surface area contributed by atoms with E-state index in [1.165, 1.54) is 32.1 Å². The molecule has 2 fully saturated rings. The van der Waals surface area contributed by atoms with Gasteiger partial charge < -0.3 is 19.5 Å². The molecule has 26 heavy (non-hydrogen) atoms. The Balaban J connectivity index is 1.75. The van der Waals surface area contributed by atoms with Gasteiger partial charge in [-0.2, -0.15) is 0 Å². The van der Waals surface area contributed by atoms with E-state index in [-0.39, 0.29) is 24.7 Å². The van der Waals surface area contributed by atoms with Gasteiger partial charge in [-0.05, 0) is 63.4 Å². The van der Waals surface area contributed by atoms with Gasteiger partial charge in [-0.15, -0.1) is 0 Å². The van der Waals surface area contributed by atoms with Crippen LogP contribution in [0.2, 0.25) is 0 Å². The summed E-state index contributed by atoms with van der Waals surface area (Å²) in [6.45, 7) is 2.72. The molecule has 0 radical (unpaired) electrons. The summed E-state index contributed by atoms with van der Waals surface area (Å²) in [5.41, 5.74) is 0. The molecule has 1 aliphatic heterocycles. The van der Waals surface area contributed by atoms with Crippen LogP contribution in [-0.2, 0) is 14.3 Å².